The van der Waals surface area contributed by atoms with Crippen LogP contribution in [0.25, 0.3) is 0 Å². The fraction of sp³-hybridized carbons (Fsp3) is 0.588. The van der Waals surface area contributed by atoms with Gasteiger partial charge in [-0.1, -0.05) is 29.3 Å². The smallest absolute Gasteiger partial charge is 0.281 e. The number of hydrogen-bond acceptors (Lipinski definition) is 4. The summed E-state index contributed by atoms with van der Waals surface area (Å²) >= 11 is 13.9. The van der Waals surface area contributed by atoms with Crippen LogP contribution in [0.5, 0.6) is 0 Å². The van der Waals surface area contributed by atoms with Gasteiger partial charge in [-0.3, -0.25) is 4.79 Å². The standard InChI is InChI=1S/C17H25Cl2N3O3S2/c1-21(2)27(24,25)22-9-4-5-13(11-22)17(23)20-8-10-26-12-14-15(18)6-3-7-16(14)19/h3,6-7,13H,4-5,8-12H2,1-2H3,(H,20,23)/t13-/m0/s1. The van der Waals surface area contributed by atoms with Gasteiger partial charge in [-0.2, -0.15) is 28.8 Å². The second-order valence-corrected chi connectivity index (χ2v) is 10.6. The predicted octanol–water partition coefficient (Wildman–Crippen LogP) is 2.86. The molecule has 0 spiro atoms. The minimum absolute atomic E-state index is 0.0926. The number of amides is 1. The van der Waals surface area contributed by atoms with Crippen molar-refractivity contribution < 1.29 is 13.2 Å². The molecule has 1 aliphatic heterocycles. The molecule has 0 aromatic heterocycles. The van der Waals surface area contributed by atoms with Crippen LogP contribution in [0.3, 0.4) is 0 Å². The Hall–Kier alpha value is -0.510. The van der Waals surface area contributed by atoms with Crippen LogP contribution in [-0.2, 0) is 20.8 Å². The highest BCUT2D eigenvalue weighted by molar-refractivity contribution is 7.98. The molecule has 6 nitrogen and oxygen atoms in total. The third-order valence-electron chi connectivity index (χ3n) is 4.40. The second-order valence-electron chi connectivity index (χ2n) is 6.53. The molecular formula is C17H25Cl2N3O3S2. The fourth-order valence-corrected chi connectivity index (χ4v) is 5.62. The normalized spacial score (nSPS) is 18.6. The topological polar surface area (TPSA) is 69.7 Å². The summed E-state index contributed by atoms with van der Waals surface area (Å²) in [5, 5.41) is 4.19. The zero-order valence-corrected chi connectivity index (χ0v) is 18.6. The lowest BCUT2D eigenvalue weighted by Gasteiger charge is -2.32. The lowest BCUT2D eigenvalue weighted by Crippen LogP contribution is -2.49. The zero-order valence-electron chi connectivity index (χ0n) is 15.5. The minimum Gasteiger partial charge on any atom is -0.355 e. The Balaban J connectivity index is 1.76. The monoisotopic (exact) mass is 453 g/mol. The summed E-state index contributed by atoms with van der Waals surface area (Å²) < 4.78 is 27.0. The summed E-state index contributed by atoms with van der Waals surface area (Å²) in [7, 11) is -0.474. The van der Waals surface area contributed by atoms with Gasteiger partial charge in [0.05, 0.1) is 5.92 Å². The first-order valence-electron chi connectivity index (χ1n) is 8.69. The molecule has 2 rings (SSSR count). The summed E-state index contributed by atoms with van der Waals surface area (Å²) in [5.41, 5.74) is 0.897. The zero-order chi connectivity index (χ0) is 20.0. The average molecular weight is 454 g/mol. The highest BCUT2D eigenvalue weighted by Crippen LogP contribution is 2.28. The number of benzene rings is 1. The molecule has 27 heavy (non-hydrogen) atoms. The number of hydrogen-bond donors (Lipinski definition) is 1. The van der Waals surface area contributed by atoms with Crippen LogP contribution in [-0.4, -0.2) is 62.4 Å². The Labute approximate surface area is 175 Å². The van der Waals surface area contributed by atoms with Crippen molar-refractivity contribution in [2.75, 3.05) is 39.5 Å². The number of nitrogens with zero attached hydrogens (tertiary/aromatic N) is 2. The third kappa shape index (κ3) is 6.24. The maximum absolute atomic E-state index is 12.4. The minimum atomic E-state index is -3.48. The van der Waals surface area contributed by atoms with Gasteiger partial charge in [0, 0.05) is 55.3 Å². The molecule has 1 aliphatic rings. The van der Waals surface area contributed by atoms with Crippen LogP contribution < -0.4 is 5.32 Å². The van der Waals surface area contributed by atoms with Gasteiger partial charge in [0.2, 0.25) is 5.91 Å². The van der Waals surface area contributed by atoms with E-state index in [9.17, 15) is 13.2 Å². The van der Waals surface area contributed by atoms with Gasteiger partial charge in [-0.05, 0) is 30.5 Å². The van der Waals surface area contributed by atoms with Crippen LogP contribution in [0.2, 0.25) is 10.0 Å². The van der Waals surface area contributed by atoms with Crippen LogP contribution in [0.1, 0.15) is 18.4 Å². The summed E-state index contributed by atoms with van der Waals surface area (Å²) in [5.74, 6) is 0.994. The SMILES string of the molecule is CN(C)S(=O)(=O)N1CCC[C@H](C(=O)NCCSCc2c(Cl)cccc2Cl)C1. The summed E-state index contributed by atoms with van der Waals surface area (Å²) in [4.78, 5) is 12.4. The van der Waals surface area contributed by atoms with Crippen molar-refractivity contribution in [3.8, 4) is 0 Å². The molecule has 1 heterocycles. The highest BCUT2D eigenvalue weighted by Gasteiger charge is 2.33. The number of piperidine rings is 1. The molecule has 0 unspecified atom stereocenters. The Morgan fingerprint density at radius 2 is 2.00 bits per heavy atom. The van der Waals surface area contributed by atoms with Crippen molar-refractivity contribution >= 4 is 51.1 Å². The largest absolute Gasteiger partial charge is 0.355 e. The molecule has 152 valence electrons. The molecule has 10 heteroatoms. The van der Waals surface area contributed by atoms with Crippen molar-refractivity contribution in [3.63, 3.8) is 0 Å². The van der Waals surface area contributed by atoms with Crippen LogP contribution in [0, 0.1) is 5.92 Å². The highest BCUT2D eigenvalue weighted by atomic mass is 35.5. The third-order valence-corrected chi connectivity index (χ3v) is 8.00. The van der Waals surface area contributed by atoms with E-state index in [1.165, 1.54) is 22.7 Å². The summed E-state index contributed by atoms with van der Waals surface area (Å²) in [6.45, 7) is 1.20. The van der Waals surface area contributed by atoms with Crippen LogP contribution >= 0.6 is 35.0 Å². The molecule has 0 aliphatic carbocycles. The molecule has 1 atom stereocenters. The molecular weight excluding hydrogens is 429 g/mol. The van der Waals surface area contributed by atoms with E-state index >= 15 is 0 Å². The van der Waals surface area contributed by atoms with Gasteiger partial charge in [-0.15, -0.1) is 0 Å². The van der Waals surface area contributed by atoms with E-state index in [1.54, 1.807) is 11.8 Å². The van der Waals surface area contributed by atoms with E-state index in [1.807, 2.05) is 18.2 Å². The van der Waals surface area contributed by atoms with E-state index in [0.717, 1.165) is 11.3 Å². The van der Waals surface area contributed by atoms with Crippen molar-refractivity contribution in [2.45, 2.75) is 18.6 Å². The number of carbonyl (C=O) groups is 1. The van der Waals surface area contributed by atoms with Gasteiger partial charge >= 0.3 is 0 Å². The average Bonchev–Trinajstić information content (AvgIpc) is 2.63. The molecule has 1 saturated heterocycles. The van der Waals surface area contributed by atoms with Gasteiger partial charge in [0.1, 0.15) is 0 Å². The lowest BCUT2D eigenvalue weighted by atomic mass is 9.99. The molecule has 0 saturated carbocycles. The van der Waals surface area contributed by atoms with Crippen molar-refractivity contribution in [3.05, 3.63) is 33.8 Å². The summed E-state index contributed by atoms with van der Waals surface area (Å²) in [6.07, 6.45) is 1.39. The first kappa shape index (κ1) is 22.8. The van der Waals surface area contributed by atoms with Crippen molar-refractivity contribution in [2.24, 2.45) is 5.92 Å². The van der Waals surface area contributed by atoms with Gasteiger partial charge in [-0.25, -0.2) is 0 Å². The maximum Gasteiger partial charge on any atom is 0.281 e. The van der Waals surface area contributed by atoms with E-state index < -0.39 is 10.2 Å². The van der Waals surface area contributed by atoms with Crippen molar-refractivity contribution in [1.82, 2.24) is 13.9 Å². The summed E-state index contributed by atoms with van der Waals surface area (Å²) in [6, 6.07) is 5.42. The molecule has 0 bridgehead atoms. The molecule has 1 aromatic rings. The predicted molar refractivity (Wildman–Crippen MR) is 113 cm³/mol. The van der Waals surface area contributed by atoms with E-state index in [0.29, 0.717) is 41.7 Å². The first-order chi connectivity index (χ1) is 12.7. The molecule has 1 fully saturated rings. The fourth-order valence-electron chi connectivity index (χ4n) is 2.83. The Morgan fingerprint density at radius 3 is 2.63 bits per heavy atom. The van der Waals surface area contributed by atoms with Gasteiger partial charge in [0.25, 0.3) is 10.2 Å². The Kier molecular flexibility index (Phi) is 8.70. The number of halogens is 2. The second kappa shape index (κ2) is 10.3. The Bertz CT molecular complexity index is 740. The van der Waals surface area contributed by atoms with Gasteiger partial charge < -0.3 is 5.32 Å². The molecule has 0 radical (unpaired) electrons. The lowest BCUT2D eigenvalue weighted by molar-refractivity contribution is -0.125. The number of nitrogens with one attached hydrogen (secondary N) is 1. The van der Waals surface area contributed by atoms with Crippen molar-refractivity contribution in [1.29, 1.82) is 0 Å². The number of thioether (sulfide) groups is 1. The van der Waals surface area contributed by atoms with E-state index in [4.69, 9.17) is 23.2 Å². The van der Waals surface area contributed by atoms with Crippen LogP contribution in [0.4, 0.5) is 0 Å². The first-order valence-corrected chi connectivity index (χ1v) is 12.0. The van der Waals surface area contributed by atoms with Crippen LogP contribution in [0.15, 0.2) is 18.2 Å². The maximum atomic E-state index is 12.4. The van der Waals surface area contributed by atoms with Gasteiger partial charge in [0.15, 0.2) is 0 Å². The number of carbonyl (C=O) groups excluding carboxylic acids is 1. The van der Waals surface area contributed by atoms with E-state index in [2.05, 4.69) is 5.32 Å². The number of rotatable bonds is 8. The quantitative estimate of drug-likeness (QED) is 0.614. The molecule has 1 aromatic carbocycles. The molecule has 1 amide bonds. The van der Waals surface area contributed by atoms with E-state index in [-0.39, 0.29) is 18.4 Å². The molecule has 1 N–H and O–H groups in total. The Morgan fingerprint density at radius 1 is 1.33 bits per heavy atom.